The van der Waals surface area contributed by atoms with Gasteiger partial charge in [-0.2, -0.15) is 0 Å². The molecule has 1 heterocycles. The van der Waals surface area contributed by atoms with Crippen molar-refractivity contribution >= 4 is 6.03 Å². The number of urea groups is 1. The molecule has 0 spiro atoms. The van der Waals surface area contributed by atoms with Gasteiger partial charge in [-0.25, -0.2) is 4.79 Å². The van der Waals surface area contributed by atoms with E-state index in [0.29, 0.717) is 0 Å². The van der Waals surface area contributed by atoms with Crippen molar-refractivity contribution in [3.05, 3.63) is 107 Å². The van der Waals surface area contributed by atoms with Crippen LogP contribution in [0.3, 0.4) is 0 Å². The van der Waals surface area contributed by atoms with Crippen molar-refractivity contribution < 1.29 is 4.79 Å². The molecule has 1 aliphatic heterocycles. The van der Waals surface area contributed by atoms with E-state index in [4.69, 9.17) is 0 Å². The maximum absolute atomic E-state index is 12.7. The molecule has 4 rings (SSSR count). The van der Waals surface area contributed by atoms with E-state index in [0.717, 1.165) is 18.5 Å². The molecule has 1 fully saturated rings. The number of carbonyl (C=O) groups is 1. The summed E-state index contributed by atoms with van der Waals surface area (Å²) in [7, 11) is 0. The molecule has 4 atom stereocenters. The minimum Gasteiger partial charge on any atom is -0.334 e. The molecule has 0 saturated carbocycles. The smallest absolute Gasteiger partial charge is 0.315 e. The number of carbonyl (C=O) groups excluding carboxylic acids is 1. The van der Waals surface area contributed by atoms with Crippen molar-refractivity contribution in [3.8, 4) is 0 Å². The Balaban J connectivity index is 1.47. The quantitative estimate of drug-likeness (QED) is 0.402. The van der Waals surface area contributed by atoms with Crippen molar-refractivity contribution in [1.82, 2.24) is 16.0 Å². The lowest BCUT2D eigenvalue weighted by molar-refractivity contribution is 0.234. The van der Waals surface area contributed by atoms with Gasteiger partial charge in [-0.15, -0.1) is 0 Å². The van der Waals surface area contributed by atoms with Crippen molar-refractivity contribution in [1.29, 1.82) is 0 Å². The summed E-state index contributed by atoms with van der Waals surface area (Å²) in [6.07, 6.45) is 0.882. The van der Waals surface area contributed by atoms with Gasteiger partial charge < -0.3 is 16.0 Å². The van der Waals surface area contributed by atoms with Crippen molar-refractivity contribution in [3.63, 3.8) is 0 Å². The van der Waals surface area contributed by atoms with Crippen molar-refractivity contribution in [2.45, 2.75) is 70.5 Å². The second kappa shape index (κ2) is 10.7. The highest BCUT2D eigenvalue weighted by Gasteiger charge is 2.33. The third-order valence-corrected chi connectivity index (χ3v) is 7.12. The van der Waals surface area contributed by atoms with E-state index < -0.39 is 0 Å². The van der Waals surface area contributed by atoms with Gasteiger partial charge in [-0.3, -0.25) is 0 Å². The largest absolute Gasteiger partial charge is 0.334 e. The molecular weight excluding hydrogens is 430 g/mol. The van der Waals surface area contributed by atoms with Crippen LogP contribution in [0.1, 0.15) is 73.9 Å². The maximum atomic E-state index is 12.7. The fourth-order valence-corrected chi connectivity index (χ4v) is 5.00. The van der Waals surface area contributed by atoms with Crippen molar-refractivity contribution in [2.24, 2.45) is 0 Å². The molecule has 0 aliphatic carbocycles. The summed E-state index contributed by atoms with van der Waals surface area (Å²) in [5.41, 5.74) is 6.44. The molecule has 2 amide bonds. The minimum atomic E-state index is -0.116. The average molecular weight is 470 g/mol. The minimum absolute atomic E-state index is 0.0389. The lowest BCUT2D eigenvalue weighted by Crippen LogP contribution is -2.43. The van der Waals surface area contributed by atoms with Gasteiger partial charge in [0.2, 0.25) is 0 Å². The van der Waals surface area contributed by atoms with Crippen molar-refractivity contribution in [2.75, 3.05) is 6.54 Å². The zero-order chi connectivity index (χ0) is 25.0. The summed E-state index contributed by atoms with van der Waals surface area (Å²) >= 11 is 0. The first-order valence-electron chi connectivity index (χ1n) is 12.7. The van der Waals surface area contributed by atoms with E-state index in [1.165, 1.54) is 22.3 Å². The van der Waals surface area contributed by atoms with Gasteiger partial charge in [0.15, 0.2) is 0 Å². The molecule has 0 bridgehead atoms. The Bertz CT molecular complexity index is 1100. The predicted octanol–water partition coefficient (Wildman–Crippen LogP) is 6.22. The summed E-state index contributed by atoms with van der Waals surface area (Å²) in [6, 6.07) is 28.2. The molecule has 1 saturated heterocycles. The molecule has 3 aromatic rings. The molecule has 4 nitrogen and oxygen atoms in total. The highest BCUT2D eigenvalue weighted by molar-refractivity contribution is 5.74. The van der Waals surface area contributed by atoms with E-state index in [-0.39, 0.29) is 35.5 Å². The van der Waals surface area contributed by atoms with Gasteiger partial charge in [0, 0.05) is 24.5 Å². The maximum Gasteiger partial charge on any atom is 0.315 e. The first kappa shape index (κ1) is 25.0. The fourth-order valence-electron chi connectivity index (χ4n) is 5.00. The molecule has 3 aromatic carbocycles. The summed E-state index contributed by atoms with van der Waals surface area (Å²) < 4.78 is 0. The van der Waals surface area contributed by atoms with Crippen LogP contribution in [0.25, 0.3) is 0 Å². The van der Waals surface area contributed by atoms with E-state index in [1.807, 2.05) is 37.3 Å². The van der Waals surface area contributed by atoms with Crippen LogP contribution in [0.5, 0.6) is 0 Å². The lowest BCUT2D eigenvalue weighted by Gasteiger charge is -2.27. The zero-order valence-corrected chi connectivity index (χ0v) is 21.6. The highest BCUT2D eigenvalue weighted by Crippen LogP contribution is 2.34. The Morgan fingerprint density at radius 1 is 0.886 bits per heavy atom. The number of aryl methyl sites for hydroxylation is 1. The van der Waals surface area contributed by atoms with Gasteiger partial charge in [0.1, 0.15) is 0 Å². The second-order valence-electron chi connectivity index (χ2n) is 11.0. The fraction of sp³-hybridized carbons (Fsp3) is 0.387. The topological polar surface area (TPSA) is 53.2 Å². The molecule has 0 aromatic heterocycles. The highest BCUT2D eigenvalue weighted by atomic mass is 16.2. The van der Waals surface area contributed by atoms with Crippen LogP contribution in [-0.2, 0) is 5.41 Å². The standard InChI is InChI=1S/C31H39N3O/c1-21-11-13-24(14-12-21)29(25-15-17-26(18-16-25)31(3,4)5)28-19-27(20-32-28)34-30(35)33-22(2)23-9-7-6-8-10-23/h6-18,22,27-29,32H,19-20H2,1-5H3,(H2,33,34,35). The van der Waals surface area contributed by atoms with Crippen LogP contribution in [0.4, 0.5) is 4.79 Å². The molecule has 35 heavy (non-hydrogen) atoms. The molecule has 4 unspecified atom stereocenters. The van der Waals surface area contributed by atoms with E-state index >= 15 is 0 Å². The number of nitrogens with one attached hydrogen (secondary N) is 3. The van der Waals surface area contributed by atoms with E-state index in [9.17, 15) is 4.79 Å². The van der Waals surface area contributed by atoms with Crippen LogP contribution in [0, 0.1) is 6.92 Å². The summed E-state index contributed by atoms with van der Waals surface area (Å²) in [5.74, 6) is 0.225. The Hall–Kier alpha value is -3.11. The molecule has 1 aliphatic rings. The number of rotatable bonds is 6. The van der Waals surface area contributed by atoms with Crippen LogP contribution < -0.4 is 16.0 Å². The molecule has 4 heteroatoms. The Morgan fingerprint density at radius 3 is 2.09 bits per heavy atom. The summed E-state index contributed by atoms with van der Waals surface area (Å²) in [6.45, 7) is 11.6. The second-order valence-corrected chi connectivity index (χ2v) is 11.0. The van der Waals surface area contributed by atoms with E-state index in [2.05, 4.69) is 92.2 Å². The molecule has 3 N–H and O–H groups in total. The normalized spacial score (nSPS) is 19.7. The number of benzene rings is 3. The van der Waals surface area contributed by atoms with E-state index in [1.54, 1.807) is 0 Å². The average Bonchev–Trinajstić information content (AvgIpc) is 3.28. The van der Waals surface area contributed by atoms with Gasteiger partial charge in [0.05, 0.1) is 6.04 Å². The number of amides is 2. The van der Waals surface area contributed by atoms with Crippen LogP contribution in [0.15, 0.2) is 78.9 Å². The SMILES string of the molecule is Cc1ccc(C(c2ccc(C(C)(C)C)cc2)C2CC(NC(=O)NC(C)c3ccccc3)CN2)cc1. The first-order chi connectivity index (χ1) is 16.7. The van der Waals surface area contributed by atoms with Gasteiger partial charge in [-0.1, -0.05) is 105 Å². The number of hydrogen-bond donors (Lipinski definition) is 3. The van der Waals surface area contributed by atoms with Gasteiger partial charge in [-0.05, 0) is 47.9 Å². The third-order valence-electron chi connectivity index (χ3n) is 7.12. The first-order valence-corrected chi connectivity index (χ1v) is 12.7. The number of hydrogen-bond acceptors (Lipinski definition) is 2. The Labute approximate surface area is 210 Å². The van der Waals surface area contributed by atoms with Gasteiger partial charge >= 0.3 is 6.03 Å². The molecule has 0 radical (unpaired) electrons. The summed E-state index contributed by atoms with van der Waals surface area (Å²) in [4.78, 5) is 12.7. The predicted molar refractivity (Wildman–Crippen MR) is 145 cm³/mol. The van der Waals surface area contributed by atoms with Crippen LogP contribution >= 0.6 is 0 Å². The monoisotopic (exact) mass is 469 g/mol. The Morgan fingerprint density at radius 2 is 1.49 bits per heavy atom. The van der Waals surface area contributed by atoms with Gasteiger partial charge in [0.25, 0.3) is 0 Å². The third kappa shape index (κ3) is 6.32. The molecule has 184 valence electrons. The Kier molecular flexibility index (Phi) is 7.61. The zero-order valence-electron chi connectivity index (χ0n) is 21.6. The van der Waals surface area contributed by atoms with Crippen LogP contribution in [-0.4, -0.2) is 24.7 Å². The summed E-state index contributed by atoms with van der Waals surface area (Å²) in [5, 5.41) is 9.98. The molecular formula is C31H39N3O. The lowest BCUT2D eigenvalue weighted by atomic mass is 9.81. The van der Waals surface area contributed by atoms with Crippen LogP contribution in [0.2, 0.25) is 0 Å².